The van der Waals surface area contributed by atoms with E-state index in [9.17, 15) is 9.59 Å². The molecule has 0 radical (unpaired) electrons. The van der Waals surface area contributed by atoms with Gasteiger partial charge in [0.1, 0.15) is 11.3 Å². The van der Waals surface area contributed by atoms with Crippen LogP contribution in [0.25, 0.3) is 11.8 Å². The van der Waals surface area contributed by atoms with Gasteiger partial charge >= 0.3 is 0 Å². The Morgan fingerprint density at radius 3 is 2.46 bits per heavy atom. The van der Waals surface area contributed by atoms with Crippen molar-refractivity contribution >= 4 is 18.5 Å². The molecule has 0 aromatic carbocycles. The molecular weight excluding hydrogens is 362 g/mol. The molecule has 2 heterocycles. The normalized spacial score (nSPS) is 10.8. The van der Waals surface area contributed by atoms with Gasteiger partial charge in [0.25, 0.3) is 12.4 Å². The van der Waals surface area contributed by atoms with Crippen molar-refractivity contribution in [3.63, 3.8) is 0 Å². The lowest BCUT2D eigenvalue weighted by Gasteiger charge is -2.14. The average Bonchev–Trinajstić information content (AvgIpc) is 3.05. The highest BCUT2D eigenvalue weighted by molar-refractivity contribution is 5.91. The number of nitrogens with zero attached hydrogens (tertiary/aromatic N) is 3. The molecule has 0 fully saturated rings. The summed E-state index contributed by atoms with van der Waals surface area (Å²) in [5, 5.41) is 0. The molecule has 2 rings (SSSR count). The van der Waals surface area contributed by atoms with Crippen molar-refractivity contribution < 1.29 is 19.1 Å². The van der Waals surface area contributed by atoms with E-state index >= 15 is 0 Å². The SMILES string of the molecule is CC(C)(C)OC=O.CNNC(=O)/C=C/c1ccc(-n2cnc(C)c2)c(OC)n1. The van der Waals surface area contributed by atoms with Crippen LogP contribution in [-0.2, 0) is 14.3 Å². The fraction of sp³-hybridized carbons (Fsp3) is 0.368. The lowest BCUT2D eigenvalue weighted by Crippen LogP contribution is -2.32. The fourth-order valence-electron chi connectivity index (χ4n) is 1.91. The summed E-state index contributed by atoms with van der Waals surface area (Å²) in [6, 6.07) is 3.67. The number of rotatable bonds is 6. The Labute approximate surface area is 164 Å². The van der Waals surface area contributed by atoms with Gasteiger partial charge in [-0.1, -0.05) is 0 Å². The van der Waals surface area contributed by atoms with Crippen molar-refractivity contribution in [2.45, 2.75) is 33.3 Å². The maximum Gasteiger partial charge on any atom is 0.293 e. The lowest BCUT2D eigenvalue weighted by atomic mass is 10.2. The standard InChI is InChI=1S/C14H17N5O2.C5H10O2/c1-10-8-19(9-16-10)12-6-4-11(17-14(12)21-3)5-7-13(20)18-15-2;1-5(2,3)7-4-6/h4-9,15H,1-3H3,(H,18,20);4H,1-3H3/b7-5+;. The second kappa shape index (κ2) is 10.8. The maximum atomic E-state index is 11.3. The van der Waals surface area contributed by atoms with Crippen LogP contribution in [0.5, 0.6) is 5.88 Å². The minimum Gasteiger partial charge on any atom is -0.479 e. The van der Waals surface area contributed by atoms with E-state index in [-0.39, 0.29) is 11.5 Å². The Morgan fingerprint density at radius 1 is 1.29 bits per heavy atom. The van der Waals surface area contributed by atoms with Gasteiger partial charge in [0.15, 0.2) is 0 Å². The number of imidazole rings is 1. The van der Waals surface area contributed by atoms with E-state index in [1.165, 1.54) is 6.08 Å². The maximum absolute atomic E-state index is 11.3. The Bertz CT molecular complexity index is 809. The van der Waals surface area contributed by atoms with Crippen molar-refractivity contribution in [2.24, 2.45) is 0 Å². The molecule has 0 saturated heterocycles. The van der Waals surface area contributed by atoms with E-state index in [1.807, 2.05) is 44.5 Å². The summed E-state index contributed by atoms with van der Waals surface area (Å²) in [5.41, 5.74) is 6.99. The third-order valence-electron chi connectivity index (χ3n) is 3.10. The van der Waals surface area contributed by atoms with Crippen molar-refractivity contribution in [1.29, 1.82) is 0 Å². The summed E-state index contributed by atoms with van der Waals surface area (Å²) in [6.45, 7) is 7.83. The minimum absolute atomic E-state index is 0.257. The van der Waals surface area contributed by atoms with Crippen LogP contribution in [0.1, 0.15) is 32.2 Å². The van der Waals surface area contributed by atoms with Gasteiger partial charge < -0.3 is 14.0 Å². The second-order valence-corrected chi connectivity index (χ2v) is 6.59. The van der Waals surface area contributed by atoms with Crippen LogP contribution < -0.4 is 15.6 Å². The molecule has 152 valence electrons. The number of hydrazine groups is 1. The summed E-state index contributed by atoms with van der Waals surface area (Å²) in [7, 11) is 3.17. The summed E-state index contributed by atoms with van der Waals surface area (Å²) < 4.78 is 11.7. The second-order valence-electron chi connectivity index (χ2n) is 6.59. The summed E-state index contributed by atoms with van der Waals surface area (Å²) in [5.74, 6) is 0.205. The molecule has 0 unspecified atom stereocenters. The largest absolute Gasteiger partial charge is 0.479 e. The van der Waals surface area contributed by atoms with Crippen molar-refractivity contribution in [1.82, 2.24) is 25.4 Å². The zero-order valence-corrected chi connectivity index (χ0v) is 17.0. The number of carbonyl (C=O) groups excluding carboxylic acids is 2. The van der Waals surface area contributed by atoms with Crippen LogP contribution in [-0.4, -0.2) is 46.7 Å². The number of methoxy groups -OCH3 is 1. The van der Waals surface area contributed by atoms with Crippen LogP contribution in [0, 0.1) is 6.92 Å². The quantitative estimate of drug-likeness (QED) is 0.441. The van der Waals surface area contributed by atoms with Crippen LogP contribution in [0.4, 0.5) is 0 Å². The third-order valence-corrected chi connectivity index (χ3v) is 3.10. The van der Waals surface area contributed by atoms with Gasteiger partial charge in [0, 0.05) is 19.3 Å². The first-order valence-electron chi connectivity index (χ1n) is 8.52. The van der Waals surface area contributed by atoms with Gasteiger partial charge in [-0.15, -0.1) is 0 Å². The topological polar surface area (TPSA) is 107 Å². The molecule has 2 aromatic rings. The third kappa shape index (κ3) is 8.00. The predicted molar refractivity (Wildman–Crippen MR) is 106 cm³/mol. The number of nitrogens with one attached hydrogen (secondary N) is 2. The van der Waals surface area contributed by atoms with E-state index in [0.717, 1.165) is 11.4 Å². The number of hydrogen-bond donors (Lipinski definition) is 2. The molecule has 0 spiro atoms. The highest BCUT2D eigenvalue weighted by atomic mass is 16.5. The first kappa shape index (κ1) is 22.8. The van der Waals surface area contributed by atoms with E-state index < -0.39 is 0 Å². The Morgan fingerprint density at radius 2 is 2.00 bits per heavy atom. The first-order valence-corrected chi connectivity index (χ1v) is 8.52. The highest BCUT2D eigenvalue weighted by Crippen LogP contribution is 2.21. The number of carbonyl (C=O) groups is 2. The van der Waals surface area contributed by atoms with Crippen LogP contribution in [0.15, 0.2) is 30.7 Å². The van der Waals surface area contributed by atoms with Gasteiger partial charge in [0.2, 0.25) is 5.88 Å². The zero-order valence-electron chi connectivity index (χ0n) is 17.0. The predicted octanol–water partition coefficient (Wildman–Crippen LogP) is 1.81. The molecule has 9 nitrogen and oxygen atoms in total. The van der Waals surface area contributed by atoms with Crippen molar-refractivity contribution in [3.05, 3.63) is 42.1 Å². The fourth-order valence-corrected chi connectivity index (χ4v) is 1.91. The van der Waals surface area contributed by atoms with Crippen LogP contribution in [0.2, 0.25) is 0 Å². The highest BCUT2D eigenvalue weighted by Gasteiger charge is 2.08. The van der Waals surface area contributed by atoms with E-state index in [0.29, 0.717) is 18.0 Å². The monoisotopic (exact) mass is 389 g/mol. The van der Waals surface area contributed by atoms with Gasteiger partial charge in [-0.05, 0) is 45.9 Å². The number of aryl methyl sites for hydroxylation is 1. The molecule has 0 saturated carbocycles. The van der Waals surface area contributed by atoms with E-state index in [1.54, 1.807) is 32.6 Å². The lowest BCUT2D eigenvalue weighted by molar-refractivity contribution is -0.138. The van der Waals surface area contributed by atoms with E-state index in [4.69, 9.17) is 4.74 Å². The molecule has 0 aliphatic rings. The molecule has 28 heavy (non-hydrogen) atoms. The number of aromatic nitrogens is 3. The molecule has 2 N–H and O–H groups in total. The smallest absolute Gasteiger partial charge is 0.293 e. The van der Waals surface area contributed by atoms with Gasteiger partial charge in [-0.2, -0.15) is 0 Å². The van der Waals surface area contributed by atoms with Crippen LogP contribution in [0.3, 0.4) is 0 Å². The van der Waals surface area contributed by atoms with Gasteiger partial charge in [-0.3, -0.25) is 15.0 Å². The summed E-state index contributed by atoms with van der Waals surface area (Å²) in [4.78, 5) is 29.5. The Hall–Kier alpha value is -3.20. The summed E-state index contributed by atoms with van der Waals surface area (Å²) in [6.07, 6.45) is 6.58. The molecule has 1 amide bonds. The molecule has 0 aliphatic carbocycles. The number of hydrogen-bond acceptors (Lipinski definition) is 7. The van der Waals surface area contributed by atoms with E-state index in [2.05, 4.69) is 25.6 Å². The Balaban J connectivity index is 0.000000480. The van der Waals surface area contributed by atoms with Crippen molar-refractivity contribution in [3.8, 4) is 11.6 Å². The summed E-state index contributed by atoms with van der Waals surface area (Å²) >= 11 is 0. The number of pyridine rings is 1. The molecule has 0 atom stereocenters. The van der Waals surface area contributed by atoms with Gasteiger partial charge in [0.05, 0.1) is 24.8 Å². The number of amides is 1. The molecule has 9 heteroatoms. The molecular formula is C19H27N5O4. The Kier molecular flexibility index (Phi) is 8.83. The van der Waals surface area contributed by atoms with Crippen molar-refractivity contribution in [2.75, 3.05) is 14.2 Å². The average molecular weight is 389 g/mol. The first-order chi connectivity index (χ1) is 13.2. The van der Waals surface area contributed by atoms with Gasteiger partial charge in [-0.25, -0.2) is 15.4 Å². The number of ether oxygens (including phenoxy) is 2. The molecule has 2 aromatic heterocycles. The minimum atomic E-state index is -0.318. The molecule has 0 bridgehead atoms. The van der Waals surface area contributed by atoms with Crippen LogP contribution >= 0.6 is 0 Å². The molecule has 0 aliphatic heterocycles. The zero-order chi connectivity index (χ0) is 21.2.